The number of hydrogen-bond acceptors (Lipinski definition) is 4. The van der Waals surface area contributed by atoms with Crippen LogP contribution >= 0.6 is 0 Å². The van der Waals surface area contributed by atoms with Crippen molar-refractivity contribution < 1.29 is 22.4 Å². The van der Waals surface area contributed by atoms with Crippen LogP contribution in [0.15, 0.2) is 59.0 Å². The number of rotatable bonds is 5. The smallest absolute Gasteiger partial charge is 0.431 e. The van der Waals surface area contributed by atoms with Gasteiger partial charge in [0.1, 0.15) is 0 Å². The molecule has 8 heteroatoms. The quantitative estimate of drug-likeness (QED) is 0.615. The van der Waals surface area contributed by atoms with Crippen molar-refractivity contribution in [3.63, 3.8) is 0 Å². The van der Waals surface area contributed by atoms with Gasteiger partial charge in [-0.15, -0.1) is 0 Å². The predicted octanol–water partition coefficient (Wildman–Crippen LogP) is 5.46. The molecule has 0 spiro atoms. The largest absolute Gasteiger partial charge is 0.452 e. The van der Waals surface area contributed by atoms with Gasteiger partial charge in [-0.2, -0.15) is 13.2 Å². The van der Waals surface area contributed by atoms with E-state index in [1.807, 2.05) is 25.8 Å². The molecule has 1 amide bonds. The Bertz CT molecular complexity index is 981. The van der Waals surface area contributed by atoms with Crippen LogP contribution in [0.2, 0.25) is 0 Å². The number of amides is 1. The molecule has 3 rings (SSSR count). The Labute approximate surface area is 166 Å². The molecule has 0 fully saturated rings. The minimum absolute atomic E-state index is 0.267. The third-order valence-electron chi connectivity index (χ3n) is 4.43. The molecule has 2 aromatic carbocycles. The molecule has 1 heterocycles. The fourth-order valence-electron chi connectivity index (χ4n) is 2.64. The molecular weight excluding hydrogens is 383 g/mol. The van der Waals surface area contributed by atoms with Crippen molar-refractivity contribution in [2.45, 2.75) is 26.1 Å². The zero-order chi connectivity index (χ0) is 21.2. The maximum absolute atomic E-state index is 13.4. The summed E-state index contributed by atoms with van der Waals surface area (Å²) in [5, 5.41) is 2.45. The second-order valence-corrected chi connectivity index (χ2v) is 6.77. The van der Waals surface area contributed by atoms with E-state index in [0.717, 1.165) is 5.69 Å². The average molecular weight is 403 g/mol. The van der Waals surface area contributed by atoms with Gasteiger partial charge in [-0.3, -0.25) is 4.79 Å². The number of alkyl halides is 3. The lowest BCUT2D eigenvalue weighted by molar-refractivity contribution is -0.153. The van der Waals surface area contributed by atoms with Crippen LogP contribution in [0.3, 0.4) is 0 Å². The lowest BCUT2D eigenvalue weighted by Gasteiger charge is -2.23. The van der Waals surface area contributed by atoms with E-state index in [0.29, 0.717) is 11.3 Å². The summed E-state index contributed by atoms with van der Waals surface area (Å²) >= 11 is 0. The maximum Gasteiger partial charge on any atom is 0.452 e. The topological polar surface area (TPSA) is 58.4 Å². The molecule has 0 saturated carbocycles. The van der Waals surface area contributed by atoms with Gasteiger partial charge in [0.15, 0.2) is 5.69 Å². The van der Waals surface area contributed by atoms with E-state index >= 15 is 0 Å². The van der Waals surface area contributed by atoms with Gasteiger partial charge in [0, 0.05) is 30.0 Å². The molecule has 1 aromatic heterocycles. The van der Waals surface area contributed by atoms with Gasteiger partial charge in [0.2, 0.25) is 11.7 Å². The molecule has 0 aliphatic rings. The molecule has 0 atom stereocenters. The second kappa shape index (κ2) is 7.98. The number of halogens is 3. The second-order valence-electron chi connectivity index (χ2n) is 6.77. The molecule has 29 heavy (non-hydrogen) atoms. The van der Waals surface area contributed by atoms with E-state index in [2.05, 4.69) is 10.3 Å². The van der Waals surface area contributed by atoms with Crippen LogP contribution in [0.4, 0.5) is 24.5 Å². The number of nitrogens with zero attached hydrogens (tertiary/aromatic N) is 2. The highest BCUT2D eigenvalue weighted by Crippen LogP contribution is 2.35. The van der Waals surface area contributed by atoms with Crippen LogP contribution in [0.1, 0.15) is 30.1 Å². The summed E-state index contributed by atoms with van der Waals surface area (Å²) in [6, 6.07) is 15.2. The van der Waals surface area contributed by atoms with Crippen molar-refractivity contribution >= 4 is 17.3 Å². The van der Waals surface area contributed by atoms with Crippen LogP contribution in [0.25, 0.3) is 11.5 Å². The van der Waals surface area contributed by atoms with Gasteiger partial charge in [-0.1, -0.05) is 18.2 Å². The van der Waals surface area contributed by atoms with E-state index < -0.39 is 23.5 Å². The zero-order valence-electron chi connectivity index (χ0n) is 16.1. The summed E-state index contributed by atoms with van der Waals surface area (Å²) in [6.45, 7) is 4.06. The molecule has 0 unspecified atom stereocenters. The number of nitrogens with one attached hydrogen (secondary N) is 1. The van der Waals surface area contributed by atoms with Crippen molar-refractivity contribution in [2.24, 2.45) is 0 Å². The lowest BCUT2D eigenvalue weighted by Crippen LogP contribution is -2.25. The van der Waals surface area contributed by atoms with Crippen molar-refractivity contribution in [1.29, 1.82) is 0 Å². The number of hydrogen-bond donors (Lipinski definition) is 1. The number of benzene rings is 2. The highest BCUT2D eigenvalue weighted by molar-refractivity contribution is 6.04. The zero-order valence-corrected chi connectivity index (χ0v) is 16.1. The fraction of sp³-hybridized carbons (Fsp3) is 0.238. The Balaban J connectivity index is 1.88. The van der Waals surface area contributed by atoms with Crippen molar-refractivity contribution in [2.75, 3.05) is 17.3 Å². The first-order valence-corrected chi connectivity index (χ1v) is 8.94. The van der Waals surface area contributed by atoms with Crippen LogP contribution in [0, 0.1) is 0 Å². The van der Waals surface area contributed by atoms with E-state index in [1.165, 1.54) is 0 Å². The molecule has 152 valence electrons. The third kappa shape index (κ3) is 4.59. The number of aromatic nitrogens is 1. The minimum Gasteiger partial charge on any atom is -0.431 e. The van der Waals surface area contributed by atoms with E-state index in [9.17, 15) is 18.0 Å². The van der Waals surface area contributed by atoms with Crippen LogP contribution in [-0.4, -0.2) is 24.0 Å². The molecule has 1 N–H and O–H groups in total. The predicted molar refractivity (Wildman–Crippen MR) is 105 cm³/mol. The van der Waals surface area contributed by atoms with E-state index in [1.54, 1.807) is 54.6 Å². The van der Waals surface area contributed by atoms with Gasteiger partial charge in [-0.25, -0.2) is 4.98 Å². The Morgan fingerprint density at radius 3 is 2.24 bits per heavy atom. The van der Waals surface area contributed by atoms with Crippen LogP contribution in [0.5, 0.6) is 0 Å². The lowest BCUT2D eigenvalue weighted by atomic mass is 10.2. The van der Waals surface area contributed by atoms with Crippen molar-refractivity contribution in [1.82, 2.24) is 4.98 Å². The normalized spacial score (nSPS) is 11.6. The van der Waals surface area contributed by atoms with Gasteiger partial charge in [0.25, 0.3) is 5.91 Å². The van der Waals surface area contributed by atoms with Gasteiger partial charge in [-0.05, 0) is 50.2 Å². The summed E-state index contributed by atoms with van der Waals surface area (Å²) in [5.74, 6) is -2.68. The molecule has 0 aliphatic heterocycles. The SMILES string of the molecule is CC(C)N(C)c1ccc(NC(=O)c2nc(-c3ccccc3)oc2C(F)(F)F)cc1. The Kier molecular flexibility index (Phi) is 5.63. The van der Waals surface area contributed by atoms with Crippen LogP contribution in [-0.2, 0) is 6.18 Å². The summed E-state index contributed by atoms with van der Waals surface area (Å²) in [7, 11) is 1.92. The summed E-state index contributed by atoms with van der Waals surface area (Å²) in [5.41, 5.74) is 0.813. The van der Waals surface area contributed by atoms with Crippen molar-refractivity contribution in [3.8, 4) is 11.5 Å². The average Bonchev–Trinajstić information content (AvgIpc) is 3.15. The maximum atomic E-state index is 13.4. The fourth-order valence-corrected chi connectivity index (χ4v) is 2.64. The summed E-state index contributed by atoms with van der Waals surface area (Å²) in [4.78, 5) is 18.3. The molecule has 0 bridgehead atoms. The Morgan fingerprint density at radius 2 is 1.69 bits per heavy atom. The first kappa shape index (κ1) is 20.4. The highest BCUT2D eigenvalue weighted by atomic mass is 19.4. The number of carbonyl (C=O) groups excluding carboxylic acids is 1. The molecule has 0 aliphatic carbocycles. The first-order chi connectivity index (χ1) is 13.7. The monoisotopic (exact) mass is 403 g/mol. The van der Waals surface area contributed by atoms with Gasteiger partial charge in [0.05, 0.1) is 0 Å². The highest BCUT2D eigenvalue weighted by Gasteiger charge is 2.42. The van der Waals surface area contributed by atoms with Crippen molar-refractivity contribution in [3.05, 3.63) is 66.1 Å². The Morgan fingerprint density at radius 1 is 1.07 bits per heavy atom. The first-order valence-electron chi connectivity index (χ1n) is 8.94. The van der Waals surface area contributed by atoms with E-state index in [4.69, 9.17) is 4.42 Å². The molecule has 0 saturated heterocycles. The number of anilines is 2. The van der Waals surface area contributed by atoms with Gasteiger partial charge < -0.3 is 14.6 Å². The summed E-state index contributed by atoms with van der Waals surface area (Å²) < 4.78 is 45.0. The molecule has 5 nitrogen and oxygen atoms in total. The standard InChI is InChI=1S/C21H20F3N3O2/c1-13(2)27(3)16-11-9-15(10-12-16)25-19(28)17-18(21(22,23)24)29-20(26-17)14-7-5-4-6-8-14/h4-13H,1-3H3,(H,25,28). The molecule has 3 aromatic rings. The molecular formula is C21H20F3N3O2. The number of carbonyl (C=O) groups is 1. The van der Waals surface area contributed by atoms with Crippen LogP contribution < -0.4 is 10.2 Å². The van der Waals surface area contributed by atoms with E-state index in [-0.39, 0.29) is 11.9 Å². The molecule has 0 radical (unpaired) electrons. The number of oxazole rings is 1. The van der Waals surface area contributed by atoms with Gasteiger partial charge >= 0.3 is 6.18 Å². The summed E-state index contributed by atoms with van der Waals surface area (Å²) in [6.07, 6.45) is -4.85. The Hall–Kier alpha value is -3.29. The minimum atomic E-state index is -4.85. The third-order valence-corrected chi connectivity index (χ3v) is 4.43.